The zero-order valence-corrected chi connectivity index (χ0v) is 36.6. The molecule has 0 radical (unpaired) electrons. The highest BCUT2D eigenvalue weighted by atomic mass is 15.2. The zero-order chi connectivity index (χ0) is 63.8. The minimum Gasteiger partial charge on any atom is -0.310 e. The molecule has 4 heterocycles. The topological polar surface area (TPSA) is 15.3 Å². The third kappa shape index (κ3) is 5.39. The Morgan fingerprint density at radius 1 is 0.364 bits per heavy atom. The summed E-state index contributed by atoms with van der Waals surface area (Å²) in [6.07, 6.45) is 0. The van der Waals surface area contributed by atoms with Crippen molar-refractivity contribution in [2.45, 2.75) is 52.4 Å². The van der Waals surface area contributed by atoms with Crippen molar-refractivity contribution < 1.29 is 30.2 Å². The monoisotopic (exact) mass is 873 g/mol. The van der Waals surface area contributed by atoms with Crippen molar-refractivity contribution in [1.82, 2.24) is 8.80 Å². The molecule has 0 fully saturated rings. The molecule has 0 spiro atoms. The van der Waals surface area contributed by atoms with E-state index in [1.807, 2.05) is 86.7 Å². The molecular formula is C62H50N4. The Morgan fingerprint density at radius 3 is 1.02 bits per heavy atom. The number of hydrogen-bond acceptors (Lipinski definition) is 2. The number of para-hydroxylation sites is 6. The molecule has 0 bridgehead atoms. The van der Waals surface area contributed by atoms with Gasteiger partial charge in [-0.3, -0.25) is 0 Å². The molecule has 318 valence electrons. The van der Waals surface area contributed by atoms with Gasteiger partial charge in [0.15, 0.2) is 0 Å². The van der Waals surface area contributed by atoms with Crippen molar-refractivity contribution in [2.75, 3.05) is 9.80 Å². The van der Waals surface area contributed by atoms with Gasteiger partial charge in [-0.2, -0.15) is 0 Å². The van der Waals surface area contributed by atoms with Crippen LogP contribution in [0.15, 0.2) is 194 Å². The van der Waals surface area contributed by atoms with E-state index < -0.39 is 154 Å². The fraction of sp³-hybridized carbons (Fsp3) is 0.129. The van der Waals surface area contributed by atoms with Gasteiger partial charge < -0.3 is 18.6 Å². The summed E-state index contributed by atoms with van der Waals surface area (Å²) in [5.41, 5.74) is 0.737. The maximum atomic E-state index is 10.8. The first-order valence-corrected chi connectivity index (χ1v) is 21.5. The minimum absolute atomic E-state index is 0.0533. The van der Waals surface area contributed by atoms with Gasteiger partial charge in [0.05, 0.1) is 74.6 Å². The number of hydrogen-bond donors (Lipinski definition) is 0. The van der Waals surface area contributed by atoms with E-state index >= 15 is 0 Å². The predicted octanol–water partition coefficient (Wildman–Crippen LogP) is 17.5. The molecule has 0 aliphatic heterocycles. The summed E-state index contributed by atoms with van der Waals surface area (Å²) >= 11 is 0. The minimum atomic E-state index is -0.743. The van der Waals surface area contributed by atoms with Gasteiger partial charge >= 0.3 is 0 Å². The van der Waals surface area contributed by atoms with Crippen LogP contribution < -0.4 is 9.80 Å². The van der Waals surface area contributed by atoms with Crippen molar-refractivity contribution >= 4 is 110 Å². The lowest BCUT2D eigenvalue weighted by atomic mass is 9.85. The van der Waals surface area contributed by atoms with Crippen LogP contribution in [0.1, 0.15) is 82.8 Å². The molecule has 0 saturated heterocycles. The van der Waals surface area contributed by atoms with E-state index in [2.05, 4.69) is 0 Å². The van der Waals surface area contributed by atoms with Gasteiger partial charge in [0, 0.05) is 65.8 Å². The number of benzene rings is 9. The van der Waals surface area contributed by atoms with Gasteiger partial charge in [-0.15, -0.1) is 0 Å². The molecule has 0 atom stereocenters. The Kier molecular flexibility index (Phi) is 4.70. The summed E-state index contributed by atoms with van der Waals surface area (Å²) in [5.74, 6) is 0. The first-order chi connectivity index (χ1) is 41.2. The summed E-state index contributed by atoms with van der Waals surface area (Å²) < 4.78 is 205. The van der Waals surface area contributed by atoms with Crippen LogP contribution in [-0.4, -0.2) is 8.80 Å². The van der Waals surface area contributed by atoms with Gasteiger partial charge in [0.1, 0.15) is 0 Å². The van der Waals surface area contributed by atoms with E-state index in [4.69, 9.17) is 16.4 Å². The Balaban J connectivity index is 1.26. The number of anilines is 6. The maximum absolute atomic E-state index is 10.8. The average molecular weight is 873 g/mol. The SMILES string of the molecule is [2H]c1c([2H])c([2H])c(N(c2c([2H])c([2H])c([2H])c([2H])c2[2H])c2ccc3c4c([2H])c5c(c([2H])c4n4c6c(C(C)(C)C)cccc6c2c34)c2ccc(N(c3c([2H])c([2H])c([2H])c([2H])c3[2H])c3c([2H])c([2H])c([2H])c([2H])c3[2H])c3c4cccc(C(C)(C)C)c4n5c23)c([2H])c1[2H]. The van der Waals surface area contributed by atoms with Crippen molar-refractivity contribution in [3.05, 3.63) is 205 Å². The molecule has 0 aliphatic carbocycles. The second kappa shape index (κ2) is 13.8. The lowest BCUT2D eigenvalue weighted by Crippen LogP contribution is -2.12. The summed E-state index contributed by atoms with van der Waals surface area (Å²) in [4.78, 5) is 2.25. The summed E-state index contributed by atoms with van der Waals surface area (Å²) in [6, 6.07) is 2.78. The highest BCUT2D eigenvalue weighted by molar-refractivity contribution is 6.32. The summed E-state index contributed by atoms with van der Waals surface area (Å²) in [6.45, 7) is 12.0. The first kappa shape index (κ1) is 22.4. The van der Waals surface area contributed by atoms with Crippen LogP contribution in [0.2, 0.25) is 0 Å². The maximum Gasteiger partial charge on any atom is 0.0653 e. The molecule has 0 saturated carbocycles. The van der Waals surface area contributed by atoms with Gasteiger partial charge in [0.2, 0.25) is 0 Å². The number of aromatic nitrogens is 2. The van der Waals surface area contributed by atoms with Crippen LogP contribution >= 0.6 is 0 Å². The highest BCUT2D eigenvalue weighted by Gasteiger charge is 2.31. The molecule has 9 aromatic carbocycles. The molecule has 13 rings (SSSR count). The van der Waals surface area contributed by atoms with Gasteiger partial charge in [-0.05, 0) is 94.5 Å². The van der Waals surface area contributed by atoms with Crippen molar-refractivity contribution in [1.29, 1.82) is 0 Å². The third-order valence-electron chi connectivity index (χ3n) is 12.7. The van der Waals surface area contributed by atoms with Gasteiger partial charge in [-0.1, -0.05) is 163 Å². The molecule has 13 aromatic rings. The van der Waals surface area contributed by atoms with Crippen LogP contribution in [0.4, 0.5) is 34.1 Å². The van der Waals surface area contributed by atoms with E-state index in [-0.39, 0.29) is 45.3 Å². The fourth-order valence-electron chi connectivity index (χ4n) is 10.1. The Bertz CT molecular complexity index is 4760. The van der Waals surface area contributed by atoms with E-state index in [0.717, 1.165) is 20.9 Å². The second-order valence-corrected chi connectivity index (χ2v) is 18.5. The van der Waals surface area contributed by atoms with Crippen molar-refractivity contribution in [3.8, 4) is 0 Å². The highest BCUT2D eigenvalue weighted by Crippen LogP contribution is 2.52. The average Bonchev–Trinajstić information content (AvgIpc) is 1.49. The summed E-state index contributed by atoms with van der Waals surface area (Å²) in [5, 5.41) is 3.11. The Labute approximate surface area is 415 Å². The fourth-order valence-corrected chi connectivity index (χ4v) is 10.1. The molecule has 0 N–H and O–H groups in total. The lowest BCUT2D eigenvalue weighted by Gasteiger charge is -2.26. The van der Waals surface area contributed by atoms with Crippen LogP contribution in [-0.2, 0) is 10.8 Å². The normalized spacial score (nSPS) is 17.4. The van der Waals surface area contributed by atoms with Crippen molar-refractivity contribution in [3.63, 3.8) is 0 Å². The van der Waals surface area contributed by atoms with E-state index in [9.17, 15) is 13.7 Å². The molecule has 0 aliphatic rings. The molecular weight excluding hydrogens is 801 g/mol. The molecule has 66 heavy (non-hydrogen) atoms. The molecule has 4 heteroatoms. The van der Waals surface area contributed by atoms with Gasteiger partial charge in [0.25, 0.3) is 0 Å². The molecule has 0 unspecified atom stereocenters. The van der Waals surface area contributed by atoms with Crippen molar-refractivity contribution in [2.24, 2.45) is 0 Å². The first-order valence-electron chi connectivity index (χ1n) is 32.5. The molecule has 4 aromatic heterocycles. The Morgan fingerprint density at radius 2 is 0.697 bits per heavy atom. The quantitative estimate of drug-likeness (QED) is 0.165. The number of nitrogens with zero attached hydrogens (tertiary/aromatic N) is 4. The van der Waals surface area contributed by atoms with Crippen LogP contribution in [0.25, 0.3) is 76.2 Å². The second-order valence-electron chi connectivity index (χ2n) is 18.5. The Hall–Kier alpha value is -7.82. The zero-order valence-electron chi connectivity index (χ0n) is 58.6. The largest absolute Gasteiger partial charge is 0.310 e. The third-order valence-corrected chi connectivity index (χ3v) is 12.7. The van der Waals surface area contributed by atoms with Crippen LogP contribution in [0.5, 0.6) is 0 Å². The number of fused-ring (bicyclic) bond motifs is 12. The van der Waals surface area contributed by atoms with Crippen LogP contribution in [0.3, 0.4) is 0 Å². The smallest absolute Gasteiger partial charge is 0.0653 e. The molecule has 4 nitrogen and oxygen atoms in total. The number of rotatable bonds is 6. The lowest BCUT2D eigenvalue weighted by molar-refractivity contribution is 0.594. The van der Waals surface area contributed by atoms with Crippen LogP contribution in [0, 0.1) is 0 Å². The van der Waals surface area contributed by atoms with Gasteiger partial charge in [-0.25, -0.2) is 0 Å². The predicted molar refractivity (Wildman–Crippen MR) is 283 cm³/mol. The summed E-state index contributed by atoms with van der Waals surface area (Å²) in [7, 11) is 0. The van der Waals surface area contributed by atoms with E-state index in [1.54, 1.807) is 24.3 Å². The molecule has 0 amide bonds. The van der Waals surface area contributed by atoms with E-state index in [0.29, 0.717) is 54.4 Å². The van der Waals surface area contributed by atoms with E-state index in [1.165, 1.54) is 0 Å². The standard InChI is InChI=1S/C62H50N4/c1-61(2,3)49-31-19-29-45-55-51(63(39-21-11-7-12-22-39)40-23-13-8-14-24-40)35-33-43-47-38-54-48(37-53(47)65(57(45)49)59(43)55)44-34-36-52(64(41-25-15-9-16-26-41)42-27-17-10-18-28-42)56-46-30-20-32-50(62(4,5)6)58(46)66(54)60(44)56/h7-38H,1-6H3/i7D,8D,9D,10D,11D,12D,13D,14D,15D,16D,17D,18D,21D,22D,23D,24D,25D,26D,27D,28D,37D,38D.